The Bertz CT molecular complexity index is 1340. The zero-order valence-electron chi connectivity index (χ0n) is 16.3. The molecule has 32 heavy (non-hydrogen) atoms. The van der Waals surface area contributed by atoms with Crippen molar-refractivity contribution in [1.29, 1.82) is 0 Å². The predicted octanol–water partition coefficient (Wildman–Crippen LogP) is 6.51. The molecule has 5 nitrogen and oxygen atoms in total. The molecule has 0 unspecified atom stereocenters. The number of thioether (sulfide) groups is 1. The molecular weight excluding hydrogens is 517 g/mol. The second kappa shape index (κ2) is 9.45. The molecule has 2 aromatic carbocycles. The minimum atomic E-state index is -0.598. The van der Waals surface area contributed by atoms with Crippen LogP contribution < -0.4 is 10.6 Å². The maximum atomic E-state index is 13.4. The van der Waals surface area contributed by atoms with Gasteiger partial charge in [-0.1, -0.05) is 46.4 Å². The van der Waals surface area contributed by atoms with Crippen molar-refractivity contribution in [2.75, 3.05) is 17.8 Å². The highest BCUT2D eigenvalue weighted by atomic mass is 35.5. The molecule has 0 bridgehead atoms. The Hall–Kier alpha value is -2.03. The van der Waals surface area contributed by atoms with Gasteiger partial charge in [0.1, 0.15) is 16.5 Å². The lowest BCUT2D eigenvalue weighted by atomic mass is 10.1. The summed E-state index contributed by atoms with van der Waals surface area (Å²) in [6.45, 7) is 0. The summed E-state index contributed by atoms with van der Waals surface area (Å²) >= 11 is 26.4. The fourth-order valence-corrected chi connectivity index (χ4v) is 4.97. The molecule has 3 aromatic rings. The van der Waals surface area contributed by atoms with Crippen molar-refractivity contribution in [3.63, 3.8) is 0 Å². The van der Waals surface area contributed by atoms with Gasteiger partial charge in [-0.3, -0.25) is 9.80 Å². The standard InChI is InChI=1S/C21H13Cl4FN4OS/c1-29(27-8-11-10-32-18-5-2-12(22)6-14(18)19(11)24)17-9-28-30(21(31)20(17)25)13-3-4-16(26)15(23)7-13/h2-9H,10H2,1H3/b27-8+. The third-order valence-electron chi connectivity index (χ3n) is 4.63. The van der Waals surface area contributed by atoms with Crippen molar-refractivity contribution < 1.29 is 4.39 Å². The van der Waals surface area contributed by atoms with Crippen molar-refractivity contribution in [3.05, 3.63) is 85.0 Å². The number of anilines is 1. The average Bonchev–Trinajstić information content (AvgIpc) is 2.77. The Morgan fingerprint density at radius 1 is 1.19 bits per heavy atom. The molecule has 0 radical (unpaired) electrons. The highest BCUT2D eigenvalue weighted by Gasteiger charge is 2.19. The molecule has 2 heterocycles. The lowest BCUT2D eigenvalue weighted by Gasteiger charge is -2.19. The molecule has 0 atom stereocenters. The molecule has 0 aliphatic carbocycles. The van der Waals surface area contributed by atoms with E-state index in [-0.39, 0.29) is 15.7 Å². The Kier molecular flexibility index (Phi) is 6.83. The van der Waals surface area contributed by atoms with E-state index in [1.807, 2.05) is 18.2 Å². The maximum absolute atomic E-state index is 13.4. The van der Waals surface area contributed by atoms with E-state index >= 15 is 0 Å². The van der Waals surface area contributed by atoms with E-state index in [1.54, 1.807) is 25.0 Å². The number of nitrogens with zero attached hydrogens (tertiary/aromatic N) is 4. The van der Waals surface area contributed by atoms with Crippen LogP contribution in [-0.2, 0) is 0 Å². The molecule has 4 rings (SSSR count). The average molecular weight is 530 g/mol. The summed E-state index contributed by atoms with van der Waals surface area (Å²) in [4.78, 5) is 13.8. The second-order valence-electron chi connectivity index (χ2n) is 6.70. The summed E-state index contributed by atoms with van der Waals surface area (Å²) in [6.07, 6.45) is 3.00. The Labute approximate surface area is 207 Å². The van der Waals surface area contributed by atoms with Crippen LogP contribution in [0.3, 0.4) is 0 Å². The van der Waals surface area contributed by atoms with Crippen molar-refractivity contribution in [1.82, 2.24) is 9.78 Å². The molecular formula is C21H13Cl4FN4OS. The highest BCUT2D eigenvalue weighted by molar-refractivity contribution is 7.99. The van der Waals surface area contributed by atoms with Crippen LogP contribution in [0, 0.1) is 5.82 Å². The molecule has 1 aliphatic rings. The first-order valence-electron chi connectivity index (χ1n) is 9.08. The molecule has 1 aliphatic heterocycles. The van der Waals surface area contributed by atoms with Crippen LogP contribution in [0.25, 0.3) is 10.7 Å². The first-order valence-corrected chi connectivity index (χ1v) is 11.6. The van der Waals surface area contributed by atoms with Crippen LogP contribution in [0.5, 0.6) is 0 Å². The number of hydrazone groups is 1. The fourth-order valence-electron chi connectivity index (χ4n) is 2.95. The van der Waals surface area contributed by atoms with Gasteiger partial charge in [-0.25, -0.2) is 4.39 Å². The smallest absolute Gasteiger partial charge is 0.266 e. The monoisotopic (exact) mass is 528 g/mol. The van der Waals surface area contributed by atoms with Crippen molar-refractivity contribution in [2.45, 2.75) is 4.90 Å². The van der Waals surface area contributed by atoms with Crippen LogP contribution in [0.2, 0.25) is 15.1 Å². The van der Waals surface area contributed by atoms with Crippen molar-refractivity contribution in [3.8, 4) is 5.69 Å². The number of hydrogen-bond donors (Lipinski definition) is 0. The molecule has 0 saturated heterocycles. The maximum Gasteiger partial charge on any atom is 0.292 e. The first-order chi connectivity index (χ1) is 15.3. The van der Waals surface area contributed by atoms with Crippen LogP contribution in [0.1, 0.15) is 5.56 Å². The molecule has 0 fully saturated rings. The Morgan fingerprint density at radius 2 is 1.97 bits per heavy atom. The SMILES string of the molecule is CN(/N=C/C1=C(Cl)c2cc(Cl)ccc2SC1)c1cnn(-c2ccc(F)c(Cl)c2)c(=O)c1Cl. The number of halogens is 5. The fraction of sp³-hybridized carbons (Fsp3) is 0.0952. The number of rotatable bonds is 4. The minimum absolute atomic E-state index is 0.102. The van der Waals surface area contributed by atoms with Crippen LogP contribution in [0.4, 0.5) is 10.1 Å². The van der Waals surface area contributed by atoms with Gasteiger partial charge < -0.3 is 0 Å². The minimum Gasteiger partial charge on any atom is -0.266 e. The van der Waals surface area contributed by atoms with Crippen molar-refractivity contribution >= 4 is 75.1 Å². The third kappa shape index (κ3) is 4.54. The van der Waals surface area contributed by atoms with Crippen LogP contribution >= 0.6 is 58.2 Å². The summed E-state index contributed by atoms with van der Waals surface area (Å²) < 4.78 is 14.5. The topological polar surface area (TPSA) is 50.5 Å². The predicted molar refractivity (Wildman–Crippen MR) is 132 cm³/mol. The number of fused-ring (bicyclic) bond motifs is 1. The highest BCUT2D eigenvalue weighted by Crippen LogP contribution is 2.40. The lowest BCUT2D eigenvalue weighted by Crippen LogP contribution is -2.24. The van der Waals surface area contributed by atoms with E-state index in [1.165, 1.54) is 23.3 Å². The third-order valence-corrected chi connectivity index (χ3v) is 7.08. The summed E-state index contributed by atoms with van der Waals surface area (Å²) in [7, 11) is 1.63. The normalized spacial score (nSPS) is 13.6. The summed E-state index contributed by atoms with van der Waals surface area (Å²) in [6, 6.07) is 9.39. The Morgan fingerprint density at radius 3 is 2.72 bits per heavy atom. The number of benzene rings is 2. The molecule has 0 saturated carbocycles. The van der Waals surface area contributed by atoms with Gasteiger partial charge in [0, 0.05) is 33.9 Å². The van der Waals surface area contributed by atoms with E-state index < -0.39 is 11.4 Å². The second-order valence-corrected chi connectivity index (χ2v) is 9.31. The summed E-state index contributed by atoms with van der Waals surface area (Å²) in [5, 5.41) is 10.8. The van der Waals surface area contributed by atoms with E-state index in [4.69, 9.17) is 46.4 Å². The number of aromatic nitrogens is 2. The van der Waals surface area contributed by atoms with Gasteiger partial charge in [-0.15, -0.1) is 11.8 Å². The molecule has 11 heteroatoms. The van der Waals surface area contributed by atoms with E-state index in [0.717, 1.165) is 26.8 Å². The molecule has 0 N–H and O–H groups in total. The molecule has 0 amide bonds. The zero-order valence-corrected chi connectivity index (χ0v) is 20.2. The van der Waals surface area contributed by atoms with Crippen LogP contribution in [0.15, 0.2) is 63.0 Å². The van der Waals surface area contributed by atoms with Crippen LogP contribution in [-0.4, -0.2) is 28.8 Å². The van der Waals surface area contributed by atoms with Crippen molar-refractivity contribution in [2.24, 2.45) is 5.10 Å². The first kappa shape index (κ1) is 23.1. The number of hydrogen-bond acceptors (Lipinski definition) is 5. The van der Waals surface area contributed by atoms with Gasteiger partial charge in [0.2, 0.25) is 0 Å². The summed E-state index contributed by atoms with van der Waals surface area (Å²) in [5.74, 6) is 0.0305. The van der Waals surface area contributed by atoms with E-state index in [9.17, 15) is 9.18 Å². The van der Waals surface area contributed by atoms with E-state index in [2.05, 4.69) is 10.2 Å². The van der Waals surface area contributed by atoms with Gasteiger partial charge >= 0.3 is 0 Å². The zero-order chi connectivity index (χ0) is 23.0. The molecule has 0 spiro atoms. The van der Waals surface area contributed by atoms with Gasteiger partial charge in [-0.2, -0.15) is 14.9 Å². The molecule has 1 aromatic heterocycles. The summed E-state index contributed by atoms with van der Waals surface area (Å²) in [5.41, 5.74) is 1.63. The largest absolute Gasteiger partial charge is 0.292 e. The lowest BCUT2D eigenvalue weighted by molar-refractivity contribution is 0.627. The Balaban J connectivity index is 1.63. The van der Waals surface area contributed by atoms with Gasteiger partial charge in [0.05, 0.1) is 28.2 Å². The van der Waals surface area contributed by atoms with Gasteiger partial charge in [0.15, 0.2) is 0 Å². The quantitative estimate of drug-likeness (QED) is 0.285. The van der Waals surface area contributed by atoms with E-state index in [0.29, 0.717) is 21.5 Å². The van der Waals surface area contributed by atoms with Gasteiger partial charge in [0.25, 0.3) is 5.56 Å². The molecule has 164 valence electrons. The van der Waals surface area contributed by atoms with Gasteiger partial charge in [-0.05, 0) is 36.4 Å².